The lowest BCUT2D eigenvalue weighted by atomic mass is 10.1. The van der Waals surface area contributed by atoms with Gasteiger partial charge in [0.1, 0.15) is 11.6 Å². The van der Waals surface area contributed by atoms with Crippen molar-refractivity contribution in [3.8, 4) is 17.0 Å². The second-order valence-corrected chi connectivity index (χ2v) is 6.82. The average molecular weight is 365 g/mol. The number of hydrogen-bond donors (Lipinski definition) is 3. The number of aromatic amines is 1. The van der Waals surface area contributed by atoms with Crippen LogP contribution in [-0.2, 0) is 6.54 Å². The SMILES string of the molecule is C[C@@H]1CN(c2cc(-c3ccccc3O)nnc2N)CCN1Cc1ncc[nH]1. The van der Waals surface area contributed by atoms with Crippen molar-refractivity contribution in [1.82, 2.24) is 25.1 Å². The average Bonchev–Trinajstić information content (AvgIpc) is 3.18. The molecule has 27 heavy (non-hydrogen) atoms. The van der Waals surface area contributed by atoms with Gasteiger partial charge in [0.25, 0.3) is 0 Å². The number of piperazine rings is 1. The molecular weight excluding hydrogens is 342 g/mol. The second kappa shape index (κ2) is 7.24. The Kier molecular flexibility index (Phi) is 4.64. The molecule has 3 heterocycles. The summed E-state index contributed by atoms with van der Waals surface area (Å²) in [6, 6.07) is 9.36. The van der Waals surface area contributed by atoms with Crippen molar-refractivity contribution in [3.05, 3.63) is 48.5 Å². The molecule has 1 aliphatic heterocycles. The predicted molar refractivity (Wildman–Crippen MR) is 104 cm³/mol. The Morgan fingerprint density at radius 2 is 2.11 bits per heavy atom. The minimum absolute atomic E-state index is 0.180. The zero-order valence-electron chi connectivity index (χ0n) is 15.2. The number of anilines is 2. The maximum Gasteiger partial charge on any atom is 0.169 e. The molecule has 140 valence electrons. The number of H-pyrrole nitrogens is 1. The molecule has 8 heteroatoms. The Morgan fingerprint density at radius 3 is 2.85 bits per heavy atom. The van der Waals surface area contributed by atoms with Gasteiger partial charge in [-0.2, -0.15) is 0 Å². The molecule has 0 aliphatic carbocycles. The molecule has 0 unspecified atom stereocenters. The third-order valence-corrected chi connectivity index (χ3v) is 4.99. The Labute approximate surface area is 157 Å². The van der Waals surface area contributed by atoms with Crippen LogP contribution in [0.1, 0.15) is 12.7 Å². The van der Waals surface area contributed by atoms with Crippen LogP contribution in [0.2, 0.25) is 0 Å². The Balaban J connectivity index is 1.54. The zero-order valence-corrected chi connectivity index (χ0v) is 15.2. The summed E-state index contributed by atoms with van der Waals surface area (Å²) in [5.41, 5.74) is 8.24. The van der Waals surface area contributed by atoms with Gasteiger partial charge in [-0.3, -0.25) is 4.90 Å². The van der Waals surface area contributed by atoms with Crippen molar-refractivity contribution in [2.45, 2.75) is 19.5 Å². The summed E-state index contributed by atoms with van der Waals surface area (Å²) in [6.45, 7) is 5.56. The molecule has 0 bridgehead atoms. The number of nitrogens with one attached hydrogen (secondary N) is 1. The van der Waals surface area contributed by atoms with Gasteiger partial charge in [0.05, 0.1) is 17.9 Å². The van der Waals surface area contributed by atoms with Gasteiger partial charge in [-0.25, -0.2) is 4.98 Å². The number of aromatic nitrogens is 4. The highest BCUT2D eigenvalue weighted by molar-refractivity contribution is 5.74. The number of hydrogen-bond acceptors (Lipinski definition) is 7. The van der Waals surface area contributed by atoms with E-state index < -0.39 is 0 Å². The summed E-state index contributed by atoms with van der Waals surface area (Å²) in [5, 5.41) is 18.4. The van der Waals surface area contributed by atoms with Gasteiger partial charge >= 0.3 is 0 Å². The van der Waals surface area contributed by atoms with Crippen LogP contribution in [0.15, 0.2) is 42.7 Å². The van der Waals surface area contributed by atoms with E-state index in [2.05, 4.69) is 36.9 Å². The third kappa shape index (κ3) is 3.56. The van der Waals surface area contributed by atoms with Gasteiger partial charge in [-0.1, -0.05) is 12.1 Å². The van der Waals surface area contributed by atoms with E-state index in [-0.39, 0.29) is 5.75 Å². The van der Waals surface area contributed by atoms with E-state index in [4.69, 9.17) is 5.73 Å². The number of nitrogens with zero attached hydrogens (tertiary/aromatic N) is 5. The van der Waals surface area contributed by atoms with Crippen molar-refractivity contribution in [3.63, 3.8) is 0 Å². The first-order valence-corrected chi connectivity index (χ1v) is 9.00. The topological polar surface area (TPSA) is 107 Å². The molecule has 8 nitrogen and oxygen atoms in total. The van der Waals surface area contributed by atoms with Gasteiger partial charge in [-0.05, 0) is 25.1 Å². The van der Waals surface area contributed by atoms with Crippen molar-refractivity contribution < 1.29 is 5.11 Å². The first-order chi connectivity index (χ1) is 13.1. The second-order valence-electron chi connectivity index (χ2n) is 6.82. The lowest BCUT2D eigenvalue weighted by molar-refractivity contribution is 0.177. The lowest BCUT2D eigenvalue weighted by Crippen LogP contribution is -2.51. The van der Waals surface area contributed by atoms with Crippen LogP contribution < -0.4 is 10.6 Å². The van der Waals surface area contributed by atoms with Crippen molar-refractivity contribution in [2.75, 3.05) is 30.3 Å². The molecule has 1 aromatic carbocycles. The monoisotopic (exact) mass is 365 g/mol. The van der Waals surface area contributed by atoms with Crippen molar-refractivity contribution >= 4 is 11.5 Å². The molecule has 1 atom stereocenters. The molecule has 1 aliphatic rings. The van der Waals surface area contributed by atoms with Gasteiger partial charge in [0.2, 0.25) is 0 Å². The minimum Gasteiger partial charge on any atom is -0.507 e. The van der Waals surface area contributed by atoms with E-state index >= 15 is 0 Å². The fourth-order valence-electron chi connectivity index (χ4n) is 3.49. The number of nitrogen functional groups attached to an aromatic ring is 1. The Morgan fingerprint density at radius 1 is 1.26 bits per heavy atom. The first-order valence-electron chi connectivity index (χ1n) is 9.00. The van der Waals surface area contributed by atoms with E-state index in [1.165, 1.54) is 0 Å². The molecular formula is C19H23N7O. The fraction of sp³-hybridized carbons (Fsp3) is 0.316. The number of benzene rings is 1. The van der Waals surface area contributed by atoms with E-state index in [1.54, 1.807) is 18.3 Å². The fourth-order valence-corrected chi connectivity index (χ4v) is 3.49. The van der Waals surface area contributed by atoms with Gasteiger partial charge in [0.15, 0.2) is 5.82 Å². The molecule has 0 spiro atoms. The summed E-state index contributed by atoms with van der Waals surface area (Å²) < 4.78 is 0. The summed E-state index contributed by atoms with van der Waals surface area (Å²) in [4.78, 5) is 12.1. The molecule has 0 radical (unpaired) electrons. The number of phenolic OH excluding ortho intramolecular Hbond substituents is 1. The number of rotatable bonds is 4. The molecule has 0 saturated carbocycles. The number of aromatic hydroxyl groups is 1. The molecule has 0 amide bonds. The van der Waals surface area contributed by atoms with Gasteiger partial charge in [0, 0.05) is 43.6 Å². The molecule has 2 aromatic heterocycles. The Bertz CT molecular complexity index is 912. The standard InChI is InChI=1S/C19H23N7O/c1-13-11-26(9-8-25(13)12-18-21-6-7-22-18)16-10-15(23-24-19(16)20)14-4-2-3-5-17(14)27/h2-7,10,13,27H,8-9,11-12H2,1H3,(H2,20,24)(H,21,22)/t13-/m1/s1. The van der Waals surface area contributed by atoms with Crippen molar-refractivity contribution in [2.24, 2.45) is 0 Å². The lowest BCUT2D eigenvalue weighted by Gasteiger charge is -2.40. The van der Waals surface area contributed by atoms with Crippen molar-refractivity contribution in [1.29, 1.82) is 0 Å². The van der Waals surface area contributed by atoms with Crippen LogP contribution >= 0.6 is 0 Å². The zero-order chi connectivity index (χ0) is 18.8. The smallest absolute Gasteiger partial charge is 0.169 e. The van der Waals surface area contributed by atoms with Crippen LogP contribution in [0.5, 0.6) is 5.75 Å². The normalized spacial score (nSPS) is 18.0. The summed E-state index contributed by atoms with van der Waals surface area (Å²) in [6.07, 6.45) is 3.63. The predicted octanol–water partition coefficient (Wildman–Crippen LogP) is 1.87. The van der Waals surface area contributed by atoms with Crippen LogP contribution in [0.3, 0.4) is 0 Å². The molecule has 3 aromatic rings. The third-order valence-electron chi connectivity index (χ3n) is 4.99. The van der Waals surface area contributed by atoms with Crippen LogP contribution in [0.25, 0.3) is 11.3 Å². The van der Waals surface area contributed by atoms with Crippen LogP contribution in [-0.4, -0.2) is 55.8 Å². The van der Waals surface area contributed by atoms with E-state index in [1.807, 2.05) is 24.4 Å². The highest BCUT2D eigenvalue weighted by Gasteiger charge is 2.26. The van der Waals surface area contributed by atoms with Crippen LogP contribution in [0.4, 0.5) is 11.5 Å². The molecule has 4 N–H and O–H groups in total. The number of para-hydroxylation sites is 1. The summed E-state index contributed by atoms with van der Waals surface area (Å²) in [5.74, 6) is 1.56. The molecule has 4 rings (SSSR count). The minimum atomic E-state index is 0.180. The highest BCUT2D eigenvalue weighted by Crippen LogP contribution is 2.32. The number of phenols is 1. The largest absolute Gasteiger partial charge is 0.507 e. The maximum absolute atomic E-state index is 10.1. The number of imidazole rings is 1. The molecule has 1 saturated heterocycles. The quantitative estimate of drug-likeness (QED) is 0.648. The Hall–Kier alpha value is -3.13. The van der Waals surface area contributed by atoms with Gasteiger partial charge < -0.3 is 20.7 Å². The highest BCUT2D eigenvalue weighted by atomic mass is 16.3. The van der Waals surface area contributed by atoms with Crippen LogP contribution in [0, 0.1) is 0 Å². The van der Waals surface area contributed by atoms with E-state index in [0.29, 0.717) is 23.1 Å². The first kappa shape index (κ1) is 17.3. The van der Waals surface area contributed by atoms with E-state index in [9.17, 15) is 5.11 Å². The molecule has 1 fully saturated rings. The summed E-state index contributed by atoms with van der Waals surface area (Å²) in [7, 11) is 0. The van der Waals surface area contributed by atoms with Gasteiger partial charge in [-0.15, -0.1) is 10.2 Å². The maximum atomic E-state index is 10.1. The van der Waals surface area contributed by atoms with E-state index in [0.717, 1.165) is 37.7 Å². The summed E-state index contributed by atoms with van der Waals surface area (Å²) >= 11 is 0. The number of nitrogens with two attached hydrogens (primary N) is 1.